The van der Waals surface area contributed by atoms with Crippen LogP contribution in [0.1, 0.15) is 6.42 Å². The van der Waals surface area contributed by atoms with Gasteiger partial charge in [-0.2, -0.15) is 74.6 Å². The summed E-state index contributed by atoms with van der Waals surface area (Å²) < 4.78 is 224. The van der Waals surface area contributed by atoms with E-state index < -0.39 is 69.9 Å². The fourth-order valence-electron chi connectivity index (χ4n) is 1.79. The molecule has 1 nitrogen and oxygen atoms in total. The summed E-state index contributed by atoms with van der Waals surface area (Å²) in [6.07, 6.45) is -10.1. The van der Waals surface area contributed by atoms with Gasteiger partial charge in [0.1, 0.15) is 20.2 Å². The van der Waals surface area contributed by atoms with Crippen molar-refractivity contribution in [2.75, 3.05) is 0 Å². The first kappa shape index (κ1) is 29.2. The SMILES string of the molecule is FC(F)(F)C(F)(F)C(F)(F)C(F)(F)C(F)(F)C(F)(F)C(F)(F)C(F)(F)CC[SiH2]O[SiH3]. The predicted molar refractivity (Wildman–Crippen MR) is 69.7 cm³/mol. The van der Waals surface area contributed by atoms with Gasteiger partial charge < -0.3 is 4.12 Å². The maximum atomic E-state index is 13.4. The van der Waals surface area contributed by atoms with E-state index in [0.717, 1.165) is 0 Å². The molecule has 0 rings (SSSR count). The Bertz CT molecular complexity index is 598. The van der Waals surface area contributed by atoms with E-state index >= 15 is 0 Å². The van der Waals surface area contributed by atoms with Gasteiger partial charge in [0.15, 0.2) is 0 Å². The first-order valence-electron chi connectivity index (χ1n) is 7.01. The summed E-state index contributed by atoms with van der Waals surface area (Å²) >= 11 is 0. The topological polar surface area (TPSA) is 9.23 Å². The minimum Gasteiger partial charge on any atom is -0.468 e. The fourth-order valence-corrected chi connectivity index (χ4v) is 3.53. The van der Waals surface area contributed by atoms with Gasteiger partial charge in [-0.05, 0) is 6.04 Å². The van der Waals surface area contributed by atoms with E-state index in [0.29, 0.717) is 0 Å². The van der Waals surface area contributed by atoms with Crippen molar-refractivity contribution in [3.63, 3.8) is 0 Å². The van der Waals surface area contributed by atoms with Gasteiger partial charge in [-0.15, -0.1) is 0 Å². The first-order valence-corrected chi connectivity index (χ1v) is 9.41. The molecule has 182 valence electrons. The molecule has 0 radical (unpaired) electrons. The molecular weight excluding hydrogens is 515 g/mol. The van der Waals surface area contributed by atoms with Crippen LogP contribution in [0.15, 0.2) is 0 Å². The zero-order valence-electron chi connectivity index (χ0n) is 14.0. The normalized spacial score (nSPS) is 16.7. The molecule has 0 aromatic carbocycles. The van der Waals surface area contributed by atoms with E-state index in [2.05, 4.69) is 4.12 Å². The molecule has 0 saturated carbocycles. The summed E-state index contributed by atoms with van der Waals surface area (Å²) in [5.74, 6) is -55.7. The molecule has 0 fully saturated rings. The molecule has 0 atom stereocenters. The summed E-state index contributed by atoms with van der Waals surface area (Å²) in [6.45, 7) is 0. The molecule has 0 N–H and O–H groups in total. The number of hydrogen-bond acceptors (Lipinski definition) is 1. The van der Waals surface area contributed by atoms with Crippen molar-refractivity contribution in [3.8, 4) is 0 Å². The Hall–Kier alpha value is -0.796. The lowest BCUT2D eigenvalue weighted by Gasteiger charge is -2.42. The molecule has 0 spiro atoms. The molecule has 0 aliphatic heterocycles. The van der Waals surface area contributed by atoms with E-state index in [1.807, 2.05) is 0 Å². The number of rotatable bonds is 10. The Morgan fingerprint density at radius 1 is 0.500 bits per heavy atom. The first-order chi connectivity index (χ1) is 12.8. The standard InChI is InChI=1S/C10H9F17OSi2/c11-3(12,1-2-30-28-29)4(13,14)5(15,16)6(17,18)7(19,20)8(21,22)9(23,24)10(25,26)27/h1-2,30H2,29H3. The van der Waals surface area contributed by atoms with Crippen LogP contribution in [-0.4, -0.2) is 67.9 Å². The van der Waals surface area contributed by atoms with E-state index in [1.165, 1.54) is 0 Å². The zero-order valence-corrected chi connectivity index (χ0v) is 17.4. The third-order valence-electron chi connectivity index (χ3n) is 3.63. The van der Waals surface area contributed by atoms with Gasteiger partial charge in [0.05, 0.1) is 0 Å². The molecule has 0 unspecified atom stereocenters. The molecule has 0 bridgehead atoms. The largest absolute Gasteiger partial charge is 0.468 e. The zero-order chi connectivity index (χ0) is 24.8. The molecule has 0 heterocycles. The summed E-state index contributed by atoms with van der Waals surface area (Å²) in [6, 6.07) is -1.12. The Balaban J connectivity index is 6.48. The van der Waals surface area contributed by atoms with Crippen molar-refractivity contribution < 1.29 is 78.8 Å². The van der Waals surface area contributed by atoms with Gasteiger partial charge in [0.25, 0.3) is 0 Å². The predicted octanol–water partition coefficient (Wildman–Crippen LogP) is 4.19. The van der Waals surface area contributed by atoms with Crippen LogP contribution in [0.2, 0.25) is 6.04 Å². The van der Waals surface area contributed by atoms with Crippen molar-refractivity contribution in [2.45, 2.75) is 60.1 Å². The number of hydrogen-bond donors (Lipinski definition) is 0. The van der Waals surface area contributed by atoms with Crippen molar-refractivity contribution >= 4 is 20.2 Å². The molecule has 0 aliphatic carbocycles. The van der Waals surface area contributed by atoms with Crippen molar-refractivity contribution in [1.82, 2.24) is 0 Å². The molecule has 0 amide bonds. The summed E-state index contributed by atoms with van der Waals surface area (Å²) in [5.41, 5.74) is 0. The van der Waals surface area contributed by atoms with Crippen molar-refractivity contribution in [1.29, 1.82) is 0 Å². The second-order valence-electron chi connectivity index (χ2n) is 5.74. The third-order valence-corrected chi connectivity index (χ3v) is 5.90. The lowest BCUT2D eigenvalue weighted by atomic mass is 9.88. The maximum Gasteiger partial charge on any atom is 0.460 e. The van der Waals surface area contributed by atoms with Crippen LogP contribution in [0.4, 0.5) is 74.6 Å². The highest BCUT2D eigenvalue weighted by Gasteiger charge is 2.95. The van der Waals surface area contributed by atoms with Crippen LogP contribution in [0.5, 0.6) is 0 Å². The summed E-state index contributed by atoms with van der Waals surface area (Å²) in [5, 5.41) is 0. The van der Waals surface area contributed by atoms with Crippen LogP contribution >= 0.6 is 0 Å². The van der Waals surface area contributed by atoms with Gasteiger partial charge in [-0.3, -0.25) is 0 Å². The lowest BCUT2D eigenvalue weighted by molar-refractivity contribution is -0.461. The minimum atomic E-state index is -8.57. The highest BCUT2D eigenvalue weighted by molar-refractivity contribution is 6.34. The van der Waals surface area contributed by atoms with Gasteiger partial charge in [0.2, 0.25) is 0 Å². The van der Waals surface area contributed by atoms with E-state index in [9.17, 15) is 74.6 Å². The van der Waals surface area contributed by atoms with Crippen LogP contribution in [0.3, 0.4) is 0 Å². The molecule has 20 heteroatoms. The van der Waals surface area contributed by atoms with Gasteiger partial charge in [-0.1, -0.05) is 0 Å². The fraction of sp³-hybridized carbons (Fsp3) is 1.00. The van der Waals surface area contributed by atoms with Crippen LogP contribution in [0, 0.1) is 0 Å². The second kappa shape index (κ2) is 7.96. The van der Waals surface area contributed by atoms with Gasteiger partial charge in [-0.25, -0.2) is 0 Å². The van der Waals surface area contributed by atoms with Crippen LogP contribution in [0.25, 0.3) is 0 Å². The third kappa shape index (κ3) is 4.02. The van der Waals surface area contributed by atoms with E-state index in [4.69, 9.17) is 0 Å². The Morgan fingerprint density at radius 2 is 0.800 bits per heavy atom. The van der Waals surface area contributed by atoms with Gasteiger partial charge in [0, 0.05) is 6.42 Å². The number of halogens is 17. The van der Waals surface area contributed by atoms with Crippen LogP contribution < -0.4 is 0 Å². The monoisotopic (exact) mass is 524 g/mol. The second-order valence-corrected chi connectivity index (χ2v) is 9.17. The van der Waals surface area contributed by atoms with Crippen LogP contribution in [-0.2, 0) is 4.12 Å². The average Bonchev–Trinajstić information content (AvgIpc) is 2.52. The highest BCUT2D eigenvalue weighted by atomic mass is 28.3. The molecule has 0 aromatic rings. The molecule has 0 aliphatic rings. The summed E-state index contributed by atoms with van der Waals surface area (Å²) in [7, 11) is -2.20. The molecule has 0 saturated heterocycles. The highest BCUT2D eigenvalue weighted by Crippen LogP contribution is 2.64. The van der Waals surface area contributed by atoms with Gasteiger partial charge >= 0.3 is 47.6 Å². The minimum absolute atomic E-state index is 0.141. The summed E-state index contributed by atoms with van der Waals surface area (Å²) in [4.78, 5) is 0. The van der Waals surface area contributed by atoms with Crippen molar-refractivity contribution in [3.05, 3.63) is 0 Å². The lowest BCUT2D eigenvalue weighted by Crippen LogP contribution is -2.74. The smallest absolute Gasteiger partial charge is 0.460 e. The molecule has 30 heavy (non-hydrogen) atoms. The van der Waals surface area contributed by atoms with E-state index in [1.54, 1.807) is 0 Å². The Kier molecular flexibility index (Phi) is 7.75. The van der Waals surface area contributed by atoms with Crippen molar-refractivity contribution in [2.24, 2.45) is 0 Å². The average molecular weight is 524 g/mol. The maximum absolute atomic E-state index is 13.4. The quantitative estimate of drug-likeness (QED) is 0.237. The van der Waals surface area contributed by atoms with E-state index in [-0.39, 0.29) is 10.5 Å². The Morgan fingerprint density at radius 3 is 1.10 bits per heavy atom. The molecular formula is C10H9F17OSi2. The Labute approximate surface area is 160 Å². The molecule has 0 aromatic heterocycles. The number of alkyl halides is 17.